The fraction of sp³-hybridized carbons (Fsp3) is 0.968. The zero-order valence-corrected chi connectivity index (χ0v) is 28.8. The van der Waals surface area contributed by atoms with E-state index in [9.17, 15) is 4.79 Å². The van der Waals surface area contributed by atoms with Crippen molar-refractivity contribution < 1.29 is 23.1 Å². The summed E-state index contributed by atoms with van der Waals surface area (Å²) in [6, 6.07) is 0. The topological polar surface area (TPSA) is 54.0 Å². The largest absolute Gasteiger partial charge is 0.413 e. The van der Waals surface area contributed by atoms with Crippen molar-refractivity contribution in [2.45, 2.75) is 154 Å². The Morgan fingerprint density at radius 1 is 0.842 bits per heavy atom. The second kappa shape index (κ2) is 9.48. The molecule has 0 radical (unpaired) electrons. The Labute approximate surface area is 235 Å². The highest BCUT2D eigenvalue weighted by molar-refractivity contribution is 6.74. The van der Waals surface area contributed by atoms with E-state index in [2.05, 4.69) is 81.6 Å². The number of fused-ring (bicyclic) bond motifs is 5. The van der Waals surface area contributed by atoms with Gasteiger partial charge in [-0.15, -0.1) is 0 Å². The van der Waals surface area contributed by atoms with Gasteiger partial charge < -0.3 is 18.3 Å². The molecule has 1 heterocycles. The summed E-state index contributed by atoms with van der Waals surface area (Å²) in [5.74, 6) is 1.52. The molecule has 3 saturated carbocycles. The van der Waals surface area contributed by atoms with E-state index in [4.69, 9.17) is 18.3 Å². The first-order chi connectivity index (χ1) is 17.2. The standard InChI is InChI=1S/C31H58O5Si2/c1-27(2,3)37(10,11)35-24-15-14-22-21-18-25(36-38(12,13)28(4,5)6)31(20-32)30(8,19-26(33-9)34-31)23(21)16-17-29(22,24)7/h20-26H,14-19H2,1-13H3/t21-,22-,23-,24-,25+,26+,29-,30+,31-/m0/s1. The molecule has 0 spiro atoms. The fourth-order valence-corrected chi connectivity index (χ4v) is 11.1. The van der Waals surface area contributed by atoms with Crippen LogP contribution in [0.25, 0.3) is 0 Å². The number of carbonyl (C=O) groups is 1. The SMILES string of the molecule is CO[C@H]1C[C@]2(C)[C@H]3CC[C@]4(C)[C@@H](O[Si](C)(C)C(C)(C)C)CC[C@H]4[C@@H]3C[C@@H](O[Si](C)(C)C(C)(C)C)[C@]2(C=O)O1. The minimum absolute atomic E-state index is 0.0557. The zero-order valence-electron chi connectivity index (χ0n) is 26.8. The van der Waals surface area contributed by atoms with E-state index in [1.807, 2.05) is 0 Å². The highest BCUT2D eigenvalue weighted by atomic mass is 28.4. The zero-order chi connectivity index (χ0) is 28.7. The normalized spacial score (nSPS) is 43.9. The van der Waals surface area contributed by atoms with Crippen LogP contribution in [-0.2, 0) is 23.1 Å². The van der Waals surface area contributed by atoms with Gasteiger partial charge in [-0.25, -0.2) is 0 Å². The first-order valence-corrected chi connectivity index (χ1v) is 21.0. The van der Waals surface area contributed by atoms with Gasteiger partial charge >= 0.3 is 0 Å². The Morgan fingerprint density at radius 2 is 1.39 bits per heavy atom. The smallest absolute Gasteiger partial charge is 0.192 e. The first-order valence-electron chi connectivity index (χ1n) is 15.2. The summed E-state index contributed by atoms with van der Waals surface area (Å²) in [7, 11) is -2.32. The van der Waals surface area contributed by atoms with Crippen molar-refractivity contribution in [3.63, 3.8) is 0 Å². The van der Waals surface area contributed by atoms with Crippen LogP contribution in [-0.4, -0.2) is 54.1 Å². The maximum absolute atomic E-state index is 13.2. The monoisotopic (exact) mass is 566 g/mol. The highest BCUT2D eigenvalue weighted by Gasteiger charge is 2.72. The van der Waals surface area contributed by atoms with Crippen molar-refractivity contribution in [1.82, 2.24) is 0 Å². The molecule has 0 unspecified atom stereocenters. The van der Waals surface area contributed by atoms with Gasteiger partial charge in [0.2, 0.25) is 0 Å². The maximum atomic E-state index is 13.2. The van der Waals surface area contributed by atoms with Crippen molar-refractivity contribution in [3.8, 4) is 0 Å². The predicted octanol–water partition coefficient (Wildman–Crippen LogP) is 7.95. The van der Waals surface area contributed by atoms with Crippen LogP contribution in [0, 0.1) is 28.6 Å². The van der Waals surface area contributed by atoms with E-state index in [1.165, 1.54) is 6.42 Å². The van der Waals surface area contributed by atoms with Crippen LogP contribution in [0.4, 0.5) is 0 Å². The first kappa shape index (κ1) is 30.9. The minimum atomic E-state index is -2.15. The molecule has 9 atom stereocenters. The molecule has 1 saturated heterocycles. The average molecular weight is 567 g/mol. The lowest BCUT2D eigenvalue weighted by molar-refractivity contribution is -0.228. The molecule has 38 heavy (non-hydrogen) atoms. The second-order valence-corrected chi connectivity index (χ2v) is 26.3. The number of methoxy groups -OCH3 is 1. The van der Waals surface area contributed by atoms with E-state index < -0.39 is 22.2 Å². The predicted molar refractivity (Wildman–Crippen MR) is 159 cm³/mol. The molecule has 5 nitrogen and oxygen atoms in total. The third-order valence-corrected chi connectivity index (χ3v) is 21.8. The highest BCUT2D eigenvalue weighted by Crippen LogP contribution is 2.69. The van der Waals surface area contributed by atoms with Crippen LogP contribution in [0.2, 0.25) is 36.3 Å². The third-order valence-electron chi connectivity index (χ3n) is 12.9. The Hall–Kier alpha value is -0.0562. The summed E-state index contributed by atoms with van der Waals surface area (Å²) in [5.41, 5.74) is -1.07. The quantitative estimate of drug-likeness (QED) is 0.241. The molecular formula is C31H58O5Si2. The Bertz CT molecular complexity index is 907. The molecule has 0 aromatic carbocycles. The summed E-state index contributed by atoms with van der Waals surface area (Å²) in [4.78, 5) is 13.2. The van der Waals surface area contributed by atoms with Gasteiger partial charge in [0.15, 0.2) is 34.8 Å². The summed E-state index contributed by atoms with van der Waals surface area (Å²) in [6.07, 6.45) is 7.14. The van der Waals surface area contributed by atoms with Gasteiger partial charge in [-0.1, -0.05) is 55.4 Å². The summed E-state index contributed by atoms with van der Waals surface area (Å²) >= 11 is 0. The van der Waals surface area contributed by atoms with Crippen molar-refractivity contribution in [2.75, 3.05) is 7.11 Å². The molecule has 4 aliphatic rings. The number of hydrogen-bond acceptors (Lipinski definition) is 5. The number of carbonyl (C=O) groups excluding carboxylic acids is 1. The lowest BCUT2D eigenvalue weighted by Gasteiger charge is -2.62. The molecule has 4 rings (SSSR count). The van der Waals surface area contributed by atoms with Gasteiger partial charge in [-0.2, -0.15) is 0 Å². The summed E-state index contributed by atoms with van der Waals surface area (Å²) < 4.78 is 26.8. The van der Waals surface area contributed by atoms with Crippen molar-refractivity contribution in [3.05, 3.63) is 0 Å². The van der Waals surface area contributed by atoms with Crippen molar-refractivity contribution in [2.24, 2.45) is 28.6 Å². The van der Waals surface area contributed by atoms with E-state index in [0.717, 1.165) is 38.4 Å². The minimum Gasteiger partial charge on any atom is -0.413 e. The van der Waals surface area contributed by atoms with Gasteiger partial charge in [-0.05, 0) is 91.5 Å². The number of hydrogen-bond donors (Lipinski definition) is 0. The lowest BCUT2D eigenvalue weighted by atomic mass is 9.46. The summed E-state index contributed by atoms with van der Waals surface area (Å²) in [6.45, 7) is 28.1. The molecular weight excluding hydrogens is 509 g/mol. The van der Waals surface area contributed by atoms with Crippen molar-refractivity contribution in [1.29, 1.82) is 0 Å². The molecule has 7 heteroatoms. The van der Waals surface area contributed by atoms with Crippen LogP contribution in [0.15, 0.2) is 0 Å². The lowest BCUT2D eigenvalue weighted by Crippen LogP contribution is -2.67. The molecule has 0 amide bonds. The molecule has 0 aromatic heterocycles. The molecule has 220 valence electrons. The maximum Gasteiger partial charge on any atom is 0.192 e. The van der Waals surface area contributed by atoms with Crippen molar-refractivity contribution >= 4 is 22.9 Å². The molecule has 4 fully saturated rings. The van der Waals surface area contributed by atoms with Crippen LogP contribution < -0.4 is 0 Å². The van der Waals surface area contributed by atoms with E-state index in [0.29, 0.717) is 23.9 Å². The van der Waals surface area contributed by atoms with E-state index >= 15 is 0 Å². The number of rotatable bonds is 6. The van der Waals surface area contributed by atoms with Gasteiger partial charge in [0.25, 0.3) is 0 Å². The van der Waals surface area contributed by atoms with Gasteiger partial charge in [0.1, 0.15) is 0 Å². The number of aldehydes is 1. The van der Waals surface area contributed by atoms with Gasteiger partial charge in [0, 0.05) is 18.9 Å². The second-order valence-electron chi connectivity index (χ2n) is 16.8. The third kappa shape index (κ3) is 4.48. The fourth-order valence-electron chi connectivity index (χ4n) is 8.33. The molecule has 1 aliphatic heterocycles. The molecule has 0 bridgehead atoms. The Morgan fingerprint density at radius 3 is 1.89 bits per heavy atom. The average Bonchev–Trinajstić information content (AvgIpc) is 3.27. The van der Waals surface area contributed by atoms with Gasteiger partial charge in [0.05, 0.1) is 12.2 Å². The van der Waals surface area contributed by atoms with Crippen LogP contribution in [0.3, 0.4) is 0 Å². The summed E-state index contributed by atoms with van der Waals surface area (Å²) in [5, 5.41) is 0.263. The molecule has 0 aromatic rings. The van der Waals surface area contributed by atoms with Gasteiger partial charge in [-0.3, -0.25) is 4.79 Å². The Kier molecular flexibility index (Phi) is 7.71. The van der Waals surface area contributed by atoms with Crippen LogP contribution in [0.5, 0.6) is 0 Å². The van der Waals surface area contributed by atoms with E-state index in [-0.39, 0.29) is 33.3 Å². The number of ether oxygens (including phenoxy) is 2. The van der Waals surface area contributed by atoms with E-state index in [1.54, 1.807) is 7.11 Å². The molecule has 0 N–H and O–H groups in total. The van der Waals surface area contributed by atoms with Crippen LogP contribution in [0.1, 0.15) is 93.9 Å². The molecule has 3 aliphatic carbocycles. The Balaban J connectivity index is 1.72. The van der Waals surface area contributed by atoms with Crippen LogP contribution >= 0.6 is 0 Å².